The number of anilines is 2. The van der Waals surface area contributed by atoms with E-state index < -0.39 is 5.51 Å². The second-order valence-corrected chi connectivity index (χ2v) is 13.9. The summed E-state index contributed by atoms with van der Waals surface area (Å²) in [6.07, 6.45) is 7.88. The van der Waals surface area contributed by atoms with Crippen LogP contribution in [0.2, 0.25) is 0 Å². The number of aromatic nitrogens is 2. The van der Waals surface area contributed by atoms with Crippen LogP contribution in [-0.2, 0) is 6.54 Å². The molecule has 44 heavy (non-hydrogen) atoms. The summed E-state index contributed by atoms with van der Waals surface area (Å²) in [5.74, 6) is 1.67. The Morgan fingerprint density at radius 1 is 0.932 bits per heavy atom. The summed E-state index contributed by atoms with van der Waals surface area (Å²) < 4.78 is 40.6. The average molecular weight is 632 g/mol. The number of aryl methyl sites for hydroxylation is 1. The standard InChI is InChI=1S/C34H48F3N5OS/c1-25(2)16-22-41(23-17-26(3)4)32(43)27-10-15-30-31(24-27)42(21-9-20-40-18-7-5-6-8-19-40)33(39-30)38-28-11-13-29(14-12-28)44-34(35,36)37/h10-15,24-26H,5-9,16-23H2,1-4H3,(H,38,39). The number of nitrogens with zero attached hydrogens (tertiary/aromatic N) is 4. The highest BCUT2D eigenvalue weighted by Crippen LogP contribution is 2.37. The number of amides is 1. The Morgan fingerprint density at radius 3 is 2.16 bits per heavy atom. The van der Waals surface area contributed by atoms with Crippen LogP contribution >= 0.6 is 11.8 Å². The number of carbonyl (C=O) groups is 1. The van der Waals surface area contributed by atoms with E-state index in [1.54, 1.807) is 12.1 Å². The van der Waals surface area contributed by atoms with Crippen LogP contribution in [0.3, 0.4) is 0 Å². The van der Waals surface area contributed by atoms with Crippen LogP contribution in [0.5, 0.6) is 0 Å². The molecule has 0 spiro atoms. The van der Waals surface area contributed by atoms with Crippen molar-refractivity contribution >= 4 is 40.3 Å². The minimum atomic E-state index is -4.33. The van der Waals surface area contributed by atoms with E-state index in [0.29, 0.717) is 35.6 Å². The van der Waals surface area contributed by atoms with Crippen molar-refractivity contribution in [3.63, 3.8) is 0 Å². The van der Waals surface area contributed by atoms with Crippen LogP contribution < -0.4 is 5.32 Å². The van der Waals surface area contributed by atoms with Crippen LogP contribution in [0, 0.1) is 11.8 Å². The van der Waals surface area contributed by atoms with Gasteiger partial charge in [0.05, 0.1) is 11.0 Å². The SMILES string of the molecule is CC(C)CCN(CCC(C)C)C(=O)c1ccc2nc(Nc3ccc(SC(F)(F)F)cc3)n(CCCN3CCCCCC3)c2c1. The predicted octanol–water partition coefficient (Wildman–Crippen LogP) is 9.19. The Bertz CT molecular complexity index is 1320. The fourth-order valence-electron chi connectivity index (χ4n) is 5.58. The topological polar surface area (TPSA) is 53.4 Å². The third-order valence-electron chi connectivity index (χ3n) is 8.13. The van der Waals surface area contributed by atoms with Gasteiger partial charge in [-0.25, -0.2) is 4.98 Å². The zero-order chi connectivity index (χ0) is 31.7. The second-order valence-electron chi connectivity index (χ2n) is 12.8. The molecule has 6 nitrogen and oxygen atoms in total. The third kappa shape index (κ3) is 10.4. The summed E-state index contributed by atoms with van der Waals surface area (Å²) in [7, 11) is 0. The van der Waals surface area contributed by atoms with Crippen LogP contribution in [-0.4, -0.2) is 63.5 Å². The van der Waals surface area contributed by atoms with E-state index in [9.17, 15) is 18.0 Å². The number of alkyl halides is 3. The Morgan fingerprint density at radius 2 is 1.57 bits per heavy atom. The maximum absolute atomic E-state index is 13.8. The largest absolute Gasteiger partial charge is 0.446 e. The predicted molar refractivity (Wildman–Crippen MR) is 176 cm³/mol. The number of fused-ring (bicyclic) bond motifs is 1. The number of hydrogen-bond donors (Lipinski definition) is 1. The van der Waals surface area contributed by atoms with Crippen LogP contribution in [0.25, 0.3) is 11.0 Å². The maximum Gasteiger partial charge on any atom is 0.446 e. The Kier molecular flexibility index (Phi) is 12.4. The molecule has 1 aliphatic rings. The fourth-order valence-corrected chi connectivity index (χ4v) is 6.12. The molecule has 1 fully saturated rings. The lowest BCUT2D eigenvalue weighted by Gasteiger charge is -2.25. The van der Waals surface area contributed by atoms with Crippen molar-refractivity contribution in [1.82, 2.24) is 19.4 Å². The van der Waals surface area contributed by atoms with Gasteiger partial charge in [-0.3, -0.25) is 4.79 Å². The van der Waals surface area contributed by atoms with Crippen LogP contribution in [0.1, 0.15) is 83.0 Å². The molecule has 0 atom stereocenters. The number of benzene rings is 2. The Hall–Kier alpha value is -2.72. The molecule has 3 aromatic rings. The summed E-state index contributed by atoms with van der Waals surface area (Å²) in [4.78, 5) is 23.3. The number of halogens is 3. The first-order valence-electron chi connectivity index (χ1n) is 16.1. The number of thioether (sulfide) groups is 1. The number of carbonyl (C=O) groups excluding carboxylic acids is 1. The van der Waals surface area contributed by atoms with E-state index in [2.05, 4.69) is 42.5 Å². The average Bonchev–Trinajstić information content (AvgIpc) is 3.10. The molecule has 1 N–H and O–H groups in total. The lowest BCUT2D eigenvalue weighted by molar-refractivity contribution is -0.0328. The Balaban J connectivity index is 1.60. The third-order valence-corrected chi connectivity index (χ3v) is 8.87. The number of hydrogen-bond acceptors (Lipinski definition) is 5. The number of nitrogens with one attached hydrogen (secondary N) is 1. The zero-order valence-corrected chi connectivity index (χ0v) is 27.4. The molecule has 1 aliphatic heterocycles. The van der Waals surface area contributed by atoms with E-state index >= 15 is 0 Å². The van der Waals surface area contributed by atoms with Gasteiger partial charge in [-0.05, 0) is 118 Å². The highest BCUT2D eigenvalue weighted by atomic mass is 32.2. The lowest BCUT2D eigenvalue weighted by atomic mass is 10.1. The van der Waals surface area contributed by atoms with Gasteiger partial charge in [-0.15, -0.1) is 0 Å². The molecule has 0 bridgehead atoms. The van der Waals surface area contributed by atoms with Gasteiger partial charge < -0.3 is 19.7 Å². The van der Waals surface area contributed by atoms with E-state index in [0.717, 1.165) is 63.0 Å². The minimum absolute atomic E-state index is 0.0396. The molecule has 2 aromatic carbocycles. The molecule has 0 saturated carbocycles. The zero-order valence-electron chi connectivity index (χ0n) is 26.6. The molecule has 1 aromatic heterocycles. The molecule has 2 heterocycles. The van der Waals surface area contributed by atoms with Crippen LogP contribution in [0.4, 0.5) is 24.8 Å². The summed E-state index contributed by atoms with van der Waals surface area (Å²) in [6.45, 7) is 14.1. The highest BCUT2D eigenvalue weighted by molar-refractivity contribution is 8.00. The van der Waals surface area contributed by atoms with Gasteiger partial charge in [-0.1, -0.05) is 40.5 Å². The van der Waals surface area contributed by atoms with Gasteiger partial charge in [-0.2, -0.15) is 13.2 Å². The van der Waals surface area contributed by atoms with E-state index in [1.165, 1.54) is 37.8 Å². The summed E-state index contributed by atoms with van der Waals surface area (Å²) in [6, 6.07) is 12.0. The van der Waals surface area contributed by atoms with E-state index in [4.69, 9.17) is 4.98 Å². The summed E-state index contributed by atoms with van der Waals surface area (Å²) in [5.41, 5.74) is -1.36. The first-order chi connectivity index (χ1) is 21.0. The van der Waals surface area contributed by atoms with E-state index in [-0.39, 0.29) is 22.6 Å². The van der Waals surface area contributed by atoms with Crippen molar-refractivity contribution < 1.29 is 18.0 Å². The van der Waals surface area contributed by atoms with Crippen molar-refractivity contribution in [3.05, 3.63) is 48.0 Å². The minimum Gasteiger partial charge on any atom is -0.339 e. The lowest BCUT2D eigenvalue weighted by Crippen LogP contribution is -2.34. The first kappa shape index (κ1) is 34.2. The molecule has 4 rings (SSSR count). The maximum atomic E-state index is 13.8. The van der Waals surface area contributed by atoms with Crippen molar-refractivity contribution in [2.75, 3.05) is 38.0 Å². The van der Waals surface area contributed by atoms with E-state index in [1.807, 2.05) is 23.1 Å². The van der Waals surface area contributed by atoms with Gasteiger partial charge in [0.1, 0.15) is 0 Å². The van der Waals surface area contributed by atoms with Gasteiger partial charge in [0.25, 0.3) is 5.91 Å². The molecule has 242 valence electrons. The summed E-state index contributed by atoms with van der Waals surface area (Å²) in [5, 5.41) is 3.34. The number of imidazole rings is 1. The molecular weight excluding hydrogens is 583 g/mol. The number of rotatable bonds is 14. The Labute approximate surface area is 264 Å². The van der Waals surface area contributed by atoms with Crippen LogP contribution in [0.15, 0.2) is 47.4 Å². The molecule has 0 aliphatic carbocycles. The van der Waals surface area contributed by atoms with Gasteiger partial charge in [0.2, 0.25) is 5.95 Å². The molecule has 1 amide bonds. The van der Waals surface area contributed by atoms with Gasteiger partial charge >= 0.3 is 5.51 Å². The van der Waals surface area contributed by atoms with Crippen molar-refractivity contribution in [3.8, 4) is 0 Å². The molecular formula is C34H48F3N5OS. The first-order valence-corrected chi connectivity index (χ1v) is 16.9. The summed E-state index contributed by atoms with van der Waals surface area (Å²) >= 11 is -0.124. The second kappa shape index (κ2) is 16.0. The van der Waals surface area contributed by atoms with Crippen molar-refractivity contribution in [2.45, 2.75) is 89.6 Å². The van der Waals surface area contributed by atoms with Gasteiger partial charge in [0, 0.05) is 35.8 Å². The molecule has 0 unspecified atom stereocenters. The van der Waals surface area contributed by atoms with Gasteiger partial charge in [0.15, 0.2) is 0 Å². The fraction of sp³-hybridized carbons (Fsp3) is 0.588. The van der Waals surface area contributed by atoms with Crippen molar-refractivity contribution in [1.29, 1.82) is 0 Å². The normalized spacial score (nSPS) is 14.8. The smallest absolute Gasteiger partial charge is 0.339 e. The quantitative estimate of drug-likeness (QED) is 0.180. The van der Waals surface area contributed by atoms with Crippen molar-refractivity contribution in [2.24, 2.45) is 11.8 Å². The molecule has 0 radical (unpaired) electrons. The molecule has 1 saturated heterocycles. The molecule has 10 heteroatoms. The number of likely N-dealkylation sites (tertiary alicyclic amines) is 1. The monoisotopic (exact) mass is 631 g/mol. The highest BCUT2D eigenvalue weighted by Gasteiger charge is 2.29.